The van der Waals surface area contributed by atoms with Gasteiger partial charge >= 0.3 is 5.97 Å². The quantitative estimate of drug-likeness (QED) is 0.530. The highest BCUT2D eigenvalue weighted by Gasteiger charge is 2.32. The standard InChI is InChI=1S/C7H16N2O2/c1-5(2)3-7(9,4-8)6(10)11/h5H,3-4,8-9H2,1-2H3,(H,10,11). The minimum atomic E-state index is -1.24. The molecule has 11 heavy (non-hydrogen) atoms. The molecule has 0 fully saturated rings. The predicted molar refractivity (Wildman–Crippen MR) is 43.1 cm³/mol. The second-order valence-electron chi connectivity index (χ2n) is 3.26. The lowest BCUT2D eigenvalue weighted by atomic mass is 9.90. The summed E-state index contributed by atoms with van der Waals surface area (Å²) in [5.74, 6) is -0.770. The van der Waals surface area contributed by atoms with E-state index in [2.05, 4.69) is 0 Å². The van der Waals surface area contributed by atoms with Crippen molar-refractivity contribution in [2.75, 3.05) is 6.54 Å². The molecule has 0 aromatic rings. The number of aliphatic carboxylic acids is 1. The summed E-state index contributed by atoms with van der Waals surface area (Å²) in [6.07, 6.45) is 0.416. The van der Waals surface area contributed by atoms with Gasteiger partial charge in [0.2, 0.25) is 0 Å². The summed E-state index contributed by atoms with van der Waals surface area (Å²) < 4.78 is 0. The van der Waals surface area contributed by atoms with Gasteiger partial charge in [-0.2, -0.15) is 0 Å². The molecule has 0 aromatic heterocycles. The van der Waals surface area contributed by atoms with Crippen LogP contribution in [0, 0.1) is 5.92 Å². The summed E-state index contributed by atoms with van der Waals surface area (Å²) in [6, 6.07) is 0. The van der Waals surface area contributed by atoms with Crippen molar-refractivity contribution in [3.05, 3.63) is 0 Å². The second-order valence-corrected chi connectivity index (χ2v) is 3.26. The first kappa shape index (κ1) is 10.4. The number of hydrogen-bond donors (Lipinski definition) is 3. The summed E-state index contributed by atoms with van der Waals surface area (Å²) >= 11 is 0. The average Bonchev–Trinajstić information content (AvgIpc) is 1.86. The lowest BCUT2D eigenvalue weighted by Crippen LogP contribution is -2.54. The van der Waals surface area contributed by atoms with Gasteiger partial charge < -0.3 is 16.6 Å². The van der Waals surface area contributed by atoms with Crippen LogP contribution in [-0.2, 0) is 4.79 Å². The third kappa shape index (κ3) is 2.86. The Bertz CT molecular complexity index is 147. The zero-order valence-corrected chi connectivity index (χ0v) is 7.00. The van der Waals surface area contributed by atoms with Crippen LogP contribution in [0.15, 0.2) is 0 Å². The SMILES string of the molecule is CC(C)CC(N)(CN)C(=O)O. The summed E-state index contributed by atoms with van der Waals surface area (Å²) in [6.45, 7) is 3.82. The van der Waals surface area contributed by atoms with Crippen molar-refractivity contribution < 1.29 is 9.90 Å². The molecule has 0 heterocycles. The predicted octanol–water partition coefficient (Wildman–Crippen LogP) is -0.227. The van der Waals surface area contributed by atoms with Crippen LogP contribution in [0.25, 0.3) is 0 Å². The van der Waals surface area contributed by atoms with Gasteiger partial charge in [0.25, 0.3) is 0 Å². The molecular formula is C7H16N2O2. The molecule has 0 saturated heterocycles. The Hall–Kier alpha value is -0.610. The minimum absolute atomic E-state index is 0.0134. The summed E-state index contributed by atoms with van der Waals surface area (Å²) in [5.41, 5.74) is 9.52. The Morgan fingerprint density at radius 1 is 1.64 bits per heavy atom. The van der Waals surface area contributed by atoms with Crippen molar-refractivity contribution in [3.63, 3.8) is 0 Å². The van der Waals surface area contributed by atoms with Gasteiger partial charge in [0.1, 0.15) is 5.54 Å². The van der Waals surface area contributed by atoms with E-state index >= 15 is 0 Å². The molecule has 0 rings (SSSR count). The van der Waals surface area contributed by atoms with Gasteiger partial charge in [-0.1, -0.05) is 13.8 Å². The van der Waals surface area contributed by atoms with Gasteiger partial charge in [-0.25, -0.2) is 0 Å². The molecule has 0 aliphatic carbocycles. The molecule has 0 amide bonds. The van der Waals surface area contributed by atoms with Crippen LogP contribution >= 0.6 is 0 Å². The lowest BCUT2D eigenvalue weighted by molar-refractivity contribution is -0.143. The van der Waals surface area contributed by atoms with E-state index in [4.69, 9.17) is 16.6 Å². The zero-order chi connectivity index (χ0) is 9.07. The topological polar surface area (TPSA) is 89.3 Å². The van der Waals surface area contributed by atoms with Gasteiger partial charge in [0.15, 0.2) is 0 Å². The van der Waals surface area contributed by atoms with E-state index in [1.54, 1.807) is 0 Å². The monoisotopic (exact) mass is 160 g/mol. The van der Waals surface area contributed by atoms with Crippen LogP contribution in [0.1, 0.15) is 20.3 Å². The van der Waals surface area contributed by atoms with Crippen LogP contribution in [0.2, 0.25) is 0 Å². The van der Waals surface area contributed by atoms with Crippen molar-refractivity contribution in [2.45, 2.75) is 25.8 Å². The number of nitrogens with two attached hydrogens (primary N) is 2. The van der Waals surface area contributed by atoms with E-state index in [0.717, 1.165) is 0 Å². The first-order valence-electron chi connectivity index (χ1n) is 3.64. The fourth-order valence-corrected chi connectivity index (χ4v) is 0.986. The molecule has 5 N–H and O–H groups in total. The highest BCUT2D eigenvalue weighted by molar-refractivity contribution is 5.78. The number of carboxylic acids is 1. The molecule has 0 saturated carbocycles. The molecule has 4 heteroatoms. The zero-order valence-electron chi connectivity index (χ0n) is 7.00. The van der Waals surface area contributed by atoms with Crippen molar-refractivity contribution in [1.82, 2.24) is 0 Å². The lowest BCUT2D eigenvalue weighted by Gasteiger charge is -2.24. The summed E-state index contributed by atoms with van der Waals surface area (Å²) in [5, 5.41) is 8.68. The normalized spacial score (nSPS) is 16.5. The minimum Gasteiger partial charge on any atom is -0.480 e. The van der Waals surface area contributed by atoms with Crippen molar-refractivity contribution in [2.24, 2.45) is 17.4 Å². The molecule has 0 aliphatic heterocycles. The van der Waals surface area contributed by atoms with E-state index in [1.165, 1.54) is 0 Å². The van der Waals surface area contributed by atoms with Crippen LogP contribution in [0.3, 0.4) is 0 Å². The Morgan fingerprint density at radius 2 is 2.09 bits per heavy atom. The summed E-state index contributed by atoms with van der Waals surface area (Å²) in [4.78, 5) is 10.6. The Morgan fingerprint density at radius 3 is 2.18 bits per heavy atom. The third-order valence-electron chi connectivity index (χ3n) is 1.56. The number of hydrogen-bond acceptors (Lipinski definition) is 3. The maximum absolute atomic E-state index is 10.6. The fourth-order valence-electron chi connectivity index (χ4n) is 0.986. The Kier molecular flexibility index (Phi) is 3.48. The second kappa shape index (κ2) is 3.69. The highest BCUT2D eigenvalue weighted by Crippen LogP contribution is 2.12. The number of rotatable bonds is 4. The van der Waals surface area contributed by atoms with Crippen molar-refractivity contribution in [3.8, 4) is 0 Å². The van der Waals surface area contributed by atoms with E-state index < -0.39 is 11.5 Å². The molecule has 4 nitrogen and oxygen atoms in total. The number of carbonyl (C=O) groups is 1. The molecule has 0 bridgehead atoms. The maximum Gasteiger partial charge on any atom is 0.325 e. The highest BCUT2D eigenvalue weighted by atomic mass is 16.4. The van der Waals surface area contributed by atoms with Crippen molar-refractivity contribution >= 4 is 5.97 Å². The molecule has 0 aliphatic rings. The van der Waals surface area contributed by atoms with Crippen LogP contribution in [-0.4, -0.2) is 23.2 Å². The first-order valence-corrected chi connectivity index (χ1v) is 3.64. The first-order chi connectivity index (χ1) is 4.92. The van der Waals surface area contributed by atoms with Crippen LogP contribution in [0.5, 0.6) is 0 Å². The van der Waals surface area contributed by atoms with Gasteiger partial charge in [0, 0.05) is 6.54 Å². The largest absolute Gasteiger partial charge is 0.480 e. The third-order valence-corrected chi connectivity index (χ3v) is 1.56. The molecule has 0 radical (unpaired) electrons. The fraction of sp³-hybridized carbons (Fsp3) is 0.857. The van der Waals surface area contributed by atoms with E-state index in [0.29, 0.717) is 6.42 Å². The maximum atomic E-state index is 10.6. The van der Waals surface area contributed by atoms with E-state index in [1.807, 2.05) is 13.8 Å². The van der Waals surface area contributed by atoms with E-state index in [-0.39, 0.29) is 12.5 Å². The average molecular weight is 160 g/mol. The van der Waals surface area contributed by atoms with Crippen LogP contribution < -0.4 is 11.5 Å². The Balaban J connectivity index is 4.22. The van der Waals surface area contributed by atoms with Gasteiger partial charge in [0.05, 0.1) is 0 Å². The number of carboxylic acid groups (broad SMARTS) is 1. The smallest absolute Gasteiger partial charge is 0.325 e. The molecule has 66 valence electrons. The molecule has 1 unspecified atom stereocenters. The molecule has 0 spiro atoms. The summed E-state index contributed by atoms with van der Waals surface area (Å²) in [7, 11) is 0. The van der Waals surface area contributed by atoms with Gasteiger partial charge in [-0.3, -0.25) is 4.79 Å². The molecule has 0 aromatic carbocycles. The van der Waals surface area contributed by atoms with Crippen LogP contribution in [0.4, 0.5) is 0 Å². The van der Waals surface area contributed by atoms with Gasteiger partial charge in [-0.15, -0.1) is 0 Å². The molecular weight excluding hydrogens is 144 g/mol. The van der Waals surface area contributed by atoms with E-state index in [9.17, 15) is 4.79 Å². The van der Waals surface area contributed by atoms with Crippen molar-refractivity contribution in [1.29, 1.82) is 0 Å². The molecule has 1 atom stereocenters. The van der Waals surface area contributed by atoms with Gasteiger partial charge in [-0.05, 0) is 12.3 Å². The Labute approximate surface area is 66.6 Å².